The van der Waals surface area contributed by atoms with Crippen LogP contribution in [0, 0.1) is 0 Å². The van der Waals surface area contributed by atoms with Gasteiger partial charge < -0.3 is 10.2 Å². The summed E-state index contributed by atoms with van der Waals surface area (Å²) in [5.74, 6) is 0.473. The van der Waals surface area contributed by atoms with Crippen LogP contribution >= 0.6 is 0 Å². The molecule has 2 aliphatic heterocycles. The first-order valence-electron chi connectivity index (χ1n) is 11.5. The zero-order valence-corrected chi connectivity index (χ0v) is 17.6. The first-order valence-corrected chi connectivity index (χ1v) is 11.5. The highest BCUT2D eigenvalue weighted by molar-refractivity contribution is 6.02. The van der Waals surface area contributed by atoms with E-state index < -0.39 is 0 Å². The third-order valence-electron chi connectivity index (χ3n) is 6.96. The van der Waals surface area contributed by atoms with E-state index in [0.717, 1.165) is 50.0 Å². The van der Waals surface area contributed by atoms with E-state index in [9.17, 15) is 9.59 Å². The minimum atomic E-state index is 0.230. The number of benzene rings is 2. The first-order chi connectivity index (χ1) is 14.7. The lowest BCUT2D eigenvalue weighted by Crippen LogP contribution is -2.32. The molecule has 0 bridgehead atoms. The molecule has 156 valence electrons. The maximum Gasteiger partial charge on any atom is 0.227 e. The number of amides is 1. The van der Waals surface area contributed by atoms with E-state index in [1.807, 2.05) is 17.0 Å². The Balaban J connectivity index is 1.13. The van der Waals surface area contributed by atoms with Gasteiger partial charge in [0, 0.05) is 31.0 Å². The number of rotatable bonds is 7. The predicted octanol–water partition coefficient (Wildman–Crippen LogP) is 4.54. The number of aryl methyl sites for hydroxylation is 2. The number of unbranched alkanes of at least 4 members (excludes halogenated alkanes) is 1. The van der Waals surface area contributed by atoms with Gasteiger partial charge in [-0.15, -0.1) is 0 Å². The van der Waals surface area contributed by atoms with Crippen molar-refractivity contribution >= 4 is 17.4 Å². The normalized spacial score (nSPS) is 19.5. The molecule has 2 heterocycles. The molecule has 1 atom stereocenters. The number of hydrogen-bond donors (Lipinski definition) is 1. The lowest BCUT2D eigenvalue weighted by Gasteiger charge is -2.26. The molecule has 0 aromatic heterocycles. The zero-order valence-electron chi connectivity index (χ0n) is 17.6. The van der Waals surface area contributed by atoms with Crippen LogP contribution in [0.2, 0.25) is 0 Å². The molecule has 0 saturated carbocycles. The number of fused-ring (bicyclic) bond motifs is 1. The van der Waals surface area contributed by atoms with Gasteiger partial charge in [0.15, 0.2) is 5.78 Å². The molecule has 1 unspecified atom stereocenters. The molecule has 2 aromatic rings. The van der Waals surface area contributed by atoms with Gasteiger partial charge in [-0.2, -0.15) is 0 Å². The zero-order chi connectivity index (χ0) is 20.5. The second kappa shape index (κ2) is 8.35. The Morgan fingerprint density at radius 3 is 2.73 bits per heavy atom. The second-order valence-corrected chi connectivity index (χ2v) is 8.92. The van der Waals surface area contributed by atoms with Gasteiger partial charge >= 0.3 is 0 Å². The van der Waals surface area contributed by atoms with E-state index in [0.29, 0.717) is 18.9 Å². The highest BCUT2D eigenvalue weighted by Gasteiger charge is 2.31. The van der Waals surface area contributed by atoms with Crippen molar-refractivity contribution in [1.82, 2.24) is 5.32 Å². The third kappa shape index (κ3) is 3.69. The minimum Gasteiger partial charge on any atom is -0.312 e. The number of nitrogens with one attached hydrogen (secondary N) is 1. The van der Waals surface area contributed by atoms with Gasteiger partial charge in [-0.05, 0) is 85.9 Å². The van der Waals surface area contributed by atoms with E-state index >= 15 is 0 Å². The van der Waals surface area contributed by atoms with Crippen LogP contribution in [0.3, 0.4) is 0 Å². The van der Waals surface area contributed by atoms with Crippen LogP contribution in [0.4, 0.5) is 5.69 Å². The maximum atomic E-state index is 12.8. The third-order valence-corrected chi connectivity index (χ3v) is 6.96. The summed E-state index contributed by atoms with van der Waals surface area (Å²) in [7, 11) is 0. The smallest absolute Gasteiger partial charge is 0.227 e. The number of carbonyl (C=O) groups excluding carboxylic acids is 2. The number of Topliss-reactive ketones (excluding diaryl/α,β-unsaturated/α-hetero) is 1. The van der Waals surface area contributed by atoms with Crippen molar-refractivity contribution in [2.45, 2.75) is 63.8 Å². The molecular formula is C26H30N2O2. The summed E-state index contributed by atoms with van der Waals surface area (Å²) in [4.78, 5) is 26.8. The summed E-state index contributed by atoms with van der Waals surface area (Å²) in [6.07, 6.45) is 8.39. The van der Waals surface area contributed by atoms with Gasteiger partial charge in [0.1, 0.15) is 0 Å². The van der Waals surface area contributed by atoms with Crippen LogP contribution in [-0.2, 0) is 24.1 Å². The van der Waals surface area contributed by atoms with Crippen LogP contribution in [0.15, 0.2) is 36.4 Å². The predicted molar refractivity (Wildman–Crippen MR) is 119 cm³/mol. The van der Waals surface area contributed by atoms with Crippen molar-refractivity contribution in [3.05, 3.63) is 64.2 Å². The van der Waals surface area contributed by atoms with Gasteiger partial charge in [0.2, 0.25) is 5.91 Å². The maximum absolute atomic E-state index is 12.8. The number of anilines is 1. The van der Waals surface area contributed by atoms with E-state index in [4.69, 9.17) is 0 Å². The molecule has 0 fully saturated rings. The lowest BCUT2D eigenvalue weighted by atomic mass is 9.87. The Hall–Kier alpha value is -2.46. The highest BCUT2D eigenvalue weighted by atomic mass is 16.2. The van der Waals surface area contributed by atoms with E-state index in [1.165, 1.54) is 41.5 Å². The summed E-state index contributed by atoms with van der Waals surface area (Å²) in [6.45, 7) is 1.73. The monoisotopic (exact) mass is 402 g/mol. The lowest BCUT2D eigenvalue weighted by molar-refractivity contribution is -0.118. The van der Waals surface area contributed by atoms with Crippen molar-refractivity contribution in [2.24, 2.45) is 0 Å². The molecule has 0 spiro atoms. The number of nitrogens with zero attached hydrogens (tertiary/aromatic N) is 1. The van der Waals surface area contributed by atoms with Gasteiger partial charge in [0.05, 0.1) is 5.69 Å². The van der Waals surface area contributed by atoms with Crippen LogP contribution in [0.5, 0.6) is 0 Å². The SMILES string of the molecule is O=C(CCCCNC1CCCc2ccccc21)c1cc2c3c(c1)CCN3C(=O)CC2. The fraction of sp³-hybridized carbons (Fsp3) is 0.462. The summed E-state index contributed by atoms with van der Waals surface area (Å²) in [5.41, 5.74) is 7.25. The molecule has 5 rings (SSSR count). The van der Waals surface area contributed by atoms with Crippen LogP contribution in [0.1, 0.15) is 77.2 Å². The number of hydrogen-bond acceptors (Lipinski definition) is 3. The van der Waals surface area contributed by atoms with Gasteiger partial charge in [-0.3, -0.25) is 9.59 Å². The molecule has 4 heteroatoms. The van der Waals surface area contributed by atoms with E-state index in [-0.39, 0.29) is 11.7 Å². The first kappa shape index (κ1) is 19.5. The Labute approximate surface area is 178 Å². The summed E-state index contributed by atoms with van der Waals surface area (Å²) >= 11 is 0. The number of ketones is 1. The van der Waals surface area contributed by atoms with Crippen LogP contribution in [-0.4, -0.2) is 24.8 Å². The Bertz CT molecular complexity index is 981. The Morgan fingerprint density at radius 2 is 1.83 bits per heavy atom. The van der Waals surface area contributed by atoms with Gasteiger partial charge in [-0.25, -0.2) is 0 Å². The summed E-state index contributed by atoms with van der Waals surface area (Å²) in [5, 5.41) is 3.71. The second-order valence-electron chi connectivity index (χ2n) is 8.92. The van der Waals surface area contributed by atoms with Crippen molar-refractivity contribution in [3.63, 3.8) is 0 Å². The fourth-order valence-electron chi connectivity index (χ4n) is 5.42. The molecular weight excluding hydrogens is 372 g/mol. The average molecular weight is 403 g/mol. The Morgan fingerprint density at radius 1 is 1.00 bits per heavy atom. The van der Waals surface area contributed by atoms with Gasteiger partial charge in [0.25, 0.3) is 0 Å². The molecule has 0 radical (unpaired) electrons. The van der Waals surface area contributed by atoms with Gasteiger partial charge in [-0.1, -0.05) is 24.3 Å². The Kier molecular flexibility index (Phi) is 5.43. The average Bonchev–Trinajstić information content (AvgIpc) is 3.21. The summed E-state index contributed by atoms with van der Waals surface area (Å²) in [6, 6.07) is 13.3. The molecule has 3 aliphatic rings. The number of carbonyl (C=O) groups is 2. The quantitative estimate of drug-likeness (QED) is 0.546. The largest absolute Gasteiger partial charge is 0.312 e. The van der Waals surface area contributed by atoms with Crippen LogP contribution in [0.25, 0.3) is 0 Å². The highest BCUT2D eigenvalue weighted by Crippen LogP contribution is 2.37. The molecule has 1 amide bonds. The molecule has 1 N–H and O–H groups in total. The molecule has 4 nitrogen and oxygen atoms in total. The molecule has 2 aromatic carbocycles. The standard InChI is InChI=1S/C26H30N2O2/c29-24(21-16-19-11-12-25(30)28-15-13-20(17-21)26(19)28)10-3-4-14-27-23-9-5-7-18-6-1-2-8-22(18)23/h1-2,6,8,16-17,23,27H,3-5,7,9-15H2. The fourth-order valence-corrected chi connectivity index (χ4v) is 5.42. The van der Waals surface area contributed by atoms with Crippen LogP contribution < -0.4 is 10.2 Å². The minimum absolute atomic E-state index is 0.230. The van der Waals surface area contributed by atoms with E-state index in [1.54, 1.807) is 0 Å². The van der Waals surface area contributed by atoms with E-state index in [2.05, 4.69) is 29.6 Å². The molecule has 1 aliphatic carbocycles. The molecule has 30 heavy (non-hydrogen) atoms. The van der Waals surface area contributed by atoms with Crippen molar-refractivity contribution in [2.75, 3.05) is 18.0 Å². The van der Waals surface area contributed by atoms with Crippen molar-refractivity contribution < 1.29 is 9.59 Å². The molecule has 0 saturated heterocycles. The van der Waals surface area contributed by atoms with Crippen molar-refractivity contribution in [1.29, 1.82) is 0 Å². The van der Waals surface area contributed by atoms with Crippen molar-refractivity contribution in [3.8, 4) is 0 Å². The topological polar surface area (TPSA) is 49.4 Å². The summed E-state index contributed by atoms with van der Waals surface area (Å²) < 4.78 is 0.